The van der Waals surface area contributed by atoms with E-state index >= 15 is 0 Å². The third-order valence-electron chi connectivity index (χ3n) is 2.56. The van der Waals surface area contributed by atoms with Crippen molar-refractivity contribution in [3.8, 4) is 0 Å². The molecule has 1 aromatic heterocycles. The van der Waals surface area contributed by atoms with Crippen LogP contribution in [-0.2, 0) is 0 Å². The van der Waals surface area contributed by atoms with E-state index in [0.29, 0.717) is 17.5 Å². The van der Waals surface area contributed by atoms with Gasteiger partial charge in [0, 0.05) is 6.04 Å². The molecule has 14 heavy (non-hydrogen) atoms. The molecule has 1 saturated carbocycles. The molecule has 0 radical (unpaired) electrons. The van der Waals surface area contributed by atoms with E-state index in [4.69, 9.17) is 17.3 Å². The molecule has 76 valence electrons. The minimum absolute atomic E-state index is 0.232. The van der Waals surface area contributed by atoms with Gasteiger partial charge in [-0.25, -0.2) is 4.98 Å². The van der Waals surface area contributed by atoms with Crippen molar-refractivity contribution in [3.63, 3.8) is 0 Å². The highest BCUT2D eigenvalue weighted by atomic mass is 35.5. The molecule has 1 aromatic rings. The summed E-state index contributed by atoms with van der Waals surface area (Å²) in [5.74, 6) is 1.41. The molecule has 0 spiro atoms. The van der Waals surface area contributed by atoms with Crippen LogP contribution in [0.1, 0.15) is 19.8 Å². The molecule has 5 heteroatoms. The van der Waals surface area contributed by atoms with Gasteiger partial charge in [-0.2, -0.15) is 4.98 Å². The molecular weight excluding hydrogens is 200 g/mol. The number of nitrogen functional groups attached to an aromatic ring is 1. The number of anilines is 2. The maximum atomic E-state index is 5.71. The van der Waals surface area contributed by atoms with Crippen molar-refractivity contribution in [1.82, 2.24) is 9.97 Å². The SMILES string of the molecule is CCC1CC1Nc1nc(Cl)ncc1N. The Hall–Kier alpha value is -1.03. The van der Waals surface area contributed by atoms with E-state index < -0.39 is 0 Å². The molecule has 0 saturated heterocycles. The first kappa shape index (κ1) is 9.52. The third-order valence-corrected chi connectivity index (χ3v) is 2.74. The minimum Gasteiger partial charge on any atom is -0.394 e. The van der Waals surface area contributed by atoms with Crippen molar-refractivity contribution in [2.75, 3.05) is 11.1 Å². The van der Waals surface area contributed by atoms with E-state index in [1.807, 2.05) is 0 Å². The summed E-state index contributed by atoms with van der Waals surface area (Å²) in [6.07, 6.45) is 3.91. The normalized spacial score (nSPS) is 24.7. The highest BCUT2D eigenvalue weighted by molar-refractivity contribution is 6.28. The van der Waals surface area contributed by atoms with Crippen molar-refractivity contribution >= 4 is 23.1 Å². The molecule has 0 aliphatic heterocycles. The number of aromatic nitrogens is 2. The lowest BCUT2D eigenvalue weighted by atomic mass is 10.3. The van der Waals surface area contributed by atoms with Crippen LogP contribution in [0.2, 0.25) is 5.28 Å². The first-order valence-electron chi connectivity index (χ1n) is 4.75. The van der Waals surface area contributed by atoms with Gasteiger partial charge in [0.1, 0.15) is 0 Å². The number of rotatable bonds is 3. The lowest BCUT2D eigenvalue weighted by Crippen LogP contribution is -2.09. The molecule has 2 unspecified atom stereocenters. The van der Waals surface area contributed by atoms with Crippen LogP contribution in [0.4, 0.5) is 11.5 Å². The quantitative estimate of drug-likeness (QED) is 0.752. The van der Waals surface area contributed by atoms with Crippen LogP contribution >= 0.6 is 11.6 Å². The van der Waals surface area contributed by atoms with Crippen LogP contribution in [-0.4, -0.2) is 16.0 Å². The summed E-state index contributed by atoms with van der Waals surface area (Å²) in [7, 11) is 0. The highest BCUT2D eigenvalue weighted by Crippen LogP contribution is 2.36. The second-order valence-corrected chi connectivity index (χ2v) is 3.94. The first-order valence-corrected chi connectivity index (χ1v) is 5.13. The standard InChI is InChI=1S/C9H13ClN4/c1-2-5-3-7(5)13-8-6(11)4-12-9(10)14-8/h4-5,7H,2-3,11H2,1H3,(H,12,13,14). The summed E-state index contributed by atoms with van der Waals surface area (Å²) >= 11 is 5.67. The molecule has 0 aromatic carbocycles. The monoisotopic (exact) mass is 212 g/mol. The summed E-state index contributed by atoms with van der Waals surface area (Å²) in [5, 5.41) is 3.50. The summed E-state index contributed by atoms with van der Waals surface area (Å²) in [4.78, 5) is 7.84. The average Bonchev–Trinajstić information content (AvgIpc) is 2.90. The van der Waals surface area contributed by atoms with Crippen molar-refractivity contribution in [2.45, 2.75) is 25.8 Å². The molecule has 3 N–H and O–H groups in total. The van der Waals surface area contributed by atoms with Crippen molar-refractivity contribution in [2.24, 2.45) is 5.92 Å². The Morgan fingerprint density at radius 3 is 3.14 bits per heavy atom. The third kappa shape index (κ3) is 1.90. The zero-order valence-electron chi connectivity index (χ0n) is 8.00. The maximum Gasteiger partial charge on any atom is 0.224 e. The molecule has 2 atom stereocenters. The van der Waals surface area contributed by atoms with Crippen molar-refractivity contribution in [1.29, 1.82) is 0 Å². The van der Waals surface area contributed by atoms with E-state index in [1.54, 1.807) is 0 Å². The Kier molecular flexibility index (Phi) is 2.46. The van der Waals surface area contributed by atoms with Crippen molar-refractivity contribution < 1.29 is 0 Å². The Morgan fingerprint density at radius 2 is 2.50 bits per heavy atom. The Bertz CT molecular complexity index is 342. The van der Waals surface area contributed by atoms with E-state index in [0.717, 1.165) is 5.92 Å². The fourth-order valence-corrected chi connectivity index (χ4v) is 1.67. The predicted molar refractivity (Wildman–Crippen MR) is 57.3 cm³/mol. The van der Waals surface area contributed by atoms with Crippen molar-refractivity contribution in [3.05, 3.63) is 11.5 Å². The largest absolute Gasteiger partial charge is 0.394 e. The van der Waals surface area contributed by atoms with Crippen LogP contribution in [0.25, 0.3) is 0 Å². The molecule has 4 nitrogen and oxygen atoms in total. The van der Waals surface area contributed by atoms with Gasteiger partial charge in [-0.3, -0.25) is 0 Å². The fraction of sp³-hybridized carbons (Fsp3) is 0.556. The van der Waals surface area contributed by atoms with Gasteiger partial charge in [-0.1, -0.05) is 13.3 Å². The smallest absolute Gasteiger partial charge is 0.224 e. The average molecular weight is 213 g/mol. The summed E-state index contributed by atoms with van der Waals surface area (Å²) in [5.41, 5.74) is 6.26. The van der Waals surface area contributed by atoms with Crippen LogP contribution in [0.3, 0.4) is 0 Å². The van der Waals surface area contributed by atoms with Gasteiger partial charge in [0.25, 0.3) is 0 Å². The number of hydrogen-bond donors (Lipinski definition) is 2. The van der Waals surface area contributed by atoms with Gasteiger partial charge >= 0.3 is 0 Å². The van der Waals surface area contributed by atoms with Gasteiger partial charge in [0.2, 0.25) is 5.28 Å². The minimum atomic E-state index is 0.232. The zero-order valence-corrected chi connectivity index (χ0v) is 8.75. The van der Waals surface area contributed by atoms with Gasteiger partial charge in [0.15, 0.2) is 5.82 Å². The van der Waals surface area contributed by atoms with Crippen LogP contribution in [0.15, 0.2) is 6.20 Å². The van der Waals surface area contributed by atoms with Crippen LogP contribution < -0.4 is 11.1 Å². The number of nitrogens with one attached hydrogen (secondary N) is 1. The van der Waals surface area contributed by atoms with E-state index in [2.05, 4.69) is 22.2 Å². The van der Waals surface area contributed by atoms with E-state index in [1.165, 1.54) is 19.0 Å². The van der Waals surface area contributed by atoms with Crippen LogP contribution in [0, 0.1) is 5.92 Å². The van der Waals surface area contributed by atoms with E-state index in [-0.39, 0.29) is 5.28 Å². The number of nitrogens with zero attached hydrogens (tertiary/aromatic N) is 2. The van der Waals surface area contributed by atoms with Gasteiger partial charge in [-0.15, -0.1) is 0 Å². The Balaban J connectivity index is 2.06. The van der Waals surface area contributed by atoms with Gasteiger partial charge < -0.3 is 11.1 Å². The molecule has 1 heterocycles. The fourth-order valence-electron chi connectivity index (χ4n) is 1.54. The number of halogens is 1. The molecular formula is C9H13ClN4. The topological polar surface area (TPSA) is 63.8 Å². The van der Waals surface area contributed by atoms with E-state index in [9.17, 15) is 0 Å². The zero-order chi connectivity index (χ0) is 10.1. The summed E-state index contributed by atoms with van der Waals surface area (Å²) in [6.45, 7) is 2.18. The molecule has 1 aliphatic carbocycles. The molecule has 2 rings (SSSR count). The maximum absolute atomic E-state index is 5.71. The second kappa shape index (κ2) is 3.61. The summed E-state index contributed by atoms with van der Waals surface area (Å²) in [6, 6.07) is 0.508. The van der Waals surface area contributed by atoms with Crippen LogP contribution in [0.5, 0.6) is 0 Å². The molecule has 0 amide bonds. The number of nitrogens with two attached hydrogens (primary N) is 1. The lowest BCUT2D eigenvalue weighted by molar-refractivity contribution is 0.773. The highest BCUT2D eigenvalue weighted by Gasteiger charge is 2.35. The number of hydrogen-bond acceptors (Lipinski definition) is 4. The molecule has 1 fully saturated rings. The molecule has 1 aliphatic rings. The lowest BCUT2D eigenvalue weighted by Gasteiger charge is -2.06. The second-order valence-electron chi connectivity index (χ2n) is 3.60. The molecule has 0 bridgehead atoms. The summed E-state index contributed by atoms with van der Waals surface area (Å²) < 4.78 is 0. The van der Waals surface area contributed by atoms with Gasteiger partial charge in [0.05, 0.1) is 11.9 Å². The van der Waals surface area contributed by atoms with Gasteiger partial charge in [-0.05, 0) is 23.9 Å². The first-order chi connectivity index (χ1) is 6.70. The Morgan fingerprint density at radius 1 is 1.71 bits per heavy atom. The predicted octanol–water partition coefficient (Wildman–Crippen LogP) is 1.92. The Labute approximate surface area is 87.9 Å².